The van der Waals surface area contributed by atoms with E-state index in [1.807, 2.05) is 6.07 Å². The van der Waals surface area contributed by atoms with Crippen molar-refractivity contribution in [2.45, 2.75) is 70.6 Å². The largest absolute Gasteiger partial charge is 0.473 e. The van der Waals surface area contributed by atoms with Gasteiger partial charge in [-0.3, -0.25) is 0 Å². The van der Waals surface area contributed by atoms with Gasteiger partial charge in [0, 0.05) is 18.2 Å². The second-order valence-corrected chi connectivity index (χ2v) is 7.15. The number of halogens is 2. The lowest BCUT2D eigenvalue weighted by molar-refractivity contribution is 0.0326. The molecule has 0 atom stereocenters. The first-order valence-electron chi connectivity index (χ1n) is 9.35. The molecule has 1 heterocycles. The SMILES string of the molecule is CCCc1cc(OCc2cc(F)ccc2F)n(CCC2(O)CCCC2)n1. The molecule has 3 rings (SSSR count). The molecular formula is C20H26F2N2O2. The molecule has 4 nitrogen and oxygen atoms in total. The minimum absolute atomic E-state index is 0.0644. The highest BCUT2D eigenvalue weighted by Gasteiger charge is 2.31. The summed E-state index contributed by atoms with van der Waals surface area (Å²) in [4.78, 5) is 0. The first-order valence-corrected chi connectivity index (χ1v) is 9.35. The fraction of sp³-hybridized carbons (Fsp3) is 0.550. The summed E-state index contributed by atoms with van der Waals surface area (Å²) in [7, 11) is 0. The predicted molar refractivity (Wildman–Crippen MR) is 94.9 cm³/mol. The molecular weight excluding hydrogens is 338 g/mol. The van der Waals surface area contributed by atoms with Crippen LogP contribution in [0, 0.1) is 11.6 Å². The van der Waals surface area contributed by atoms with Gasteiger partial charge in [-0.15, -0.1) is 0 Å². The third-order valence-electron chi connectivity index (χ3n) is 5.01. The minimum Gasteiger partial charge on any atom is -0.473 e. The monoisotopic (exact) mass is 364 g/mol. The van der Waals surface area contributed by atoms with Crippen LogP contribution in [0.25, 0.3) is 0 Å². The maximum absolute atomic E-state index is 13.8. The van der Waals surface area contributed by atoms with Gasteiger partial charge < -0.3 is 9.84 Å². The van der Waals surface area contributed by atoms with Gasteiger partial charge in [-0.05, 0) is 43.9 Å². The van der Waals surface area contributed by atoms with Gasteiger partial charge in [0.05, 0.1) is 11.3 Å². The summed E-state index contributed by atoms with van der Waals surface area (Å²) in [6.07, 6.45) is 6.14. The summed E-state index contributed by atoms with van der Waals surface area (Å²) < 4.78 is 34.6. The van der Waals surface area contributed by atoms with Gasteiger partial charge in [0.1, 0.15) is 18.2 Å². The summed E-state index contributed by atoms with van der Waals surface area (Å²) >= 11 is 0. The fourth-order valence-corrected chi connectivity index (χ4v) is 3.51. The van der Waals surface area contributed by atoms with E-state index in [1.54, 1.807) is 4.68 Å². The van der Waals surface area contributed by atoms with Crippen molar-refractivity contribution in [2.24, 2.45) is 0 Å². The molecule has 142 valence electrons. The van der Waals surface area contributed by atoms with E-state index < -0.39 is 17.2 Å². The minimum atomic E-state index is -0.622. The second kappa shape index (κ2) is 8.16. The maximum Gasteiger partial charge on any atom is 0.212 e. The fourth-order valence-electron chi connectivity index (χ4n) is 3.51. The van der Waals surface area contributed by atoms with E-state index in [0.29, 0.717) is 18.8 Å². The van der Waals surface area contributed by atoms with Crippen molar-refractivity contribution in [1.29, 1.82) is 0 Å². The third-order valence-corrected chi connectivity index (χ3v) is 5.01. The van der Waals surface area contributed by atoms with E-state index in [9.17, 15) is 13.9 Å². The number of benzene rings is 1. The average Bonchev–Trinajstić information content (AvgIpc) is 3.21. The molecule has 1 aromatic carbocycles. The van der Waals surface area contributed by atoms with Crippen LogP contribution in [0.4, 0.5) is 8.78 Å². The molecule has 0 radical (unpaired) electrons. The quantitative estimate of drug-likeness (QED) is 0.756. The van der Waals surface area contributed by atoms with Crippen molar-refractivity contribution in [1.82, 2.24) is 9.78 Å². The van der Waals surface area contributed by atoms with Gasteiger partial charge in [0.25, 0.3) is 0 Å². The lowest BCUT2D eigenvalue weighted by Gasteiger charge is -2.22. The predicted octanol–water partition coefficient (Wildman–Crippen LogP) is 4.39. The first-order chi connectivity index (χ1) is 12.5. The second-order valence-electron chi connectivity index (χ2n) is 7.15. The smallest absolute Gasteiger partial charge is 0.212 e. The normalized spacial score (nSPS) is 16.2. The van der Waals surface area contributed by atoms with Crippen molar-refractivity contribution in [2.75, 3.05) is 0 Å². The number of rotatable bonds is 8. The number of hydrogen-bond acceptors (Lipinski definition) is 3. The molecule has 1 aromatic heterocycles. The van der Waals surface area contributed by atoms with Crippen LogP contribution in [0.15, 0.2) is 24.3 Å². The molecule has 6 heteroatoms. The standard InChI is InChI=1S/C20H26F2N2O2/c1-2-5-17-13-19(26-14-15-12-16(21)6-7-18(15)22)24(23-17)11-10-20(25)8-3-4-9-20/h6-7,12-13,25H,2-5,8-11,14H2,1H3. The third kappa shape index (κ3) is 4.61. The molecule has 1 aliphatic rings. The van der Waals surface area contributed by atoms with Crippen LogP contribution < -0.4 is 4.74 Å². The maximum atomic E-state index is 13.8. The van der Waals surface area contributed by atoms with Crippen molar-refractivity contribution in [3.63, 3.8) is 0 Å². The zero-order chi connectivity index (χ0) is 18.6. The Labute approximate surface area is 152 Å². The average molecular weight is 364 g/mol. The van der Waals surface area contributed by atoms with Crippen LogP contribution in [0.2, 0.25) is 0 Å². The van der Waals surface area contributed by atoms with Crippen molar-refractivity contribution in [3.8, 4) is 5.88 Å². The van der Waals surface area contributed by atoms with Crippen molar-refractivity contribution < 1.29 is 18.6 Å². The molecule has 1 N–H and O–H groups in total. The Bertz CT molecular complexity index is 739. The Balaban J connectivity index is 1.71. The zero-order valence-electron chi connectivity index (χ0n) is 15.2. The Kier molecular flexibility index (Phi) is 5.91. The number of aromatic nitrogens is 2. The summed E-state index contributed by atoms with van der Waals surface area (Å²) in [5.41, 5.74) is 0.452. The van der Waals surface area contributed by atoms with E-state index in [0.717, 1.165) is 62.4 Å². The van der Waals surface area contributed by atoms with Crippen LogP contribution in [-0.2, 0) is 19.6 Å². The highest BCUT2D eigenvalue weighted by atomic mass is 19.1. The lowest BCUT2D eigenvalue weighted by atomic mass is 9.98. The summed E-state index contributed by atoms with van der Waals surface area (Å²) in [6, 6.07) is 5.18. The van der Waals surface area contributed by atoms with Gasteiger partial charge in [-0.2, -0.15) is 5.10 Å². The topological polar surface area (TPSA) is 47.3 Å². The molecule has 0 aliphatic heterocycles. The molecule has 0 unspecified atom stereocenters. The number of ether oxygens (including phenoxy) is 1. The number of nitrogens with zero attached hydrogens (tertiary/aromatic N) is 2. The van der Waals surface area contributed by atoms with Crippen LogP contribution in [0.3, 0.4) is 0 Å². The van der Waals surface area contributed by atoms with Crippen molar-refractivity contribution in [3.05, 3.63) is 47.2 Å². The summed E-state index contributed by atoms with van der Waals surface area (Å²) in [6.45, 7) is 2.55. The Morgan fingerprint density at radius 2 is 2.00 bits per heavy atom. The van der Waals surface area contributed by atoms with Crippen LogP contribution in [0.1, 0.15) is 56.7 Å². The van der Waals surface area contributed by atoms with Crippen LogP contribution in [-0.4, -0.2) is 20.5 Å². The van der Waals surface area contributed by atoms with Gasteiger partial charge in [-0.25, -0.2) is 13.5 Å². The molecule has 1 saturated carbocycles. The molecule has 26 heavy (non-hydrogen) atoms. The van der Waals surface area contributed by atoms with E-state index in [-0.39, 0.29) is 12.2 Å². The van der Waals surface area contributed by atoms with Gasteiger partial charge in [0.2, 0.25) is 5.88 Å². The number of hydrogen-bond donors (Lipinski definition) is 1. The highest BCUT2D eigenvalue weighted by Crippen LogP contribution is 2.33. The molecule has 0 saturated heterocycles. The van der Waals surface area contributed by atoms with Crippen molar-refractivity contribution >= 4 is 0 Å². The van der Waals surface area contributed by atoms with E-state index >= 15 is 0 Å². The highest BCUT2D eigenvalue weighted by molar-refractivity contribution is 5.21. The van der Waals surface area contributed by atoms with E-state index in [2.05, 4.69) is 12.0 Å². The molecule has 1 fully saturated rings. The Morgan fingerprint density at radius 1 is 1.23 bits per heavy atom. The molecule has 0 amide bonds. The van der Waals surface area contributed by atoms with E-state index in [1.165, 1.54) is 0 Å². The summed E-state index contributed by atoms with van der Waals surface area (Å²) in [5.74, 6) is -0.459. The zero-order valence-corrected chi connectivity index (χ0v) is 15.2. The van der Waals surface area contributed by atoms with Crippen LogP contribution in [0.5, 0.6) is 5.88 Å². The number of aryl methyl sites for hydroxylation is 2. The van der Waals surface area contributed by atoms with Gasteiger partial charge >= 0.3 is 0 Å². The van der Waals surface area contributed by atoms with Crippen LogP contribution >= 0.6 is 0 Å². The molecule has 0 spiro atoms. The first kappa shape index (κ1) is 18.8. The molecule has 0 bridgehead atoms. The van der Waals surface area contributed by atoms with Gasteiger partial charge in [-0.1, -0.05) is 26.2 Å². The lowest BCUT2D eigenvalue weighted by Crippen LogP contribution is -2.26. The van der Waals surface area contributed by atoms with E-state index in [4.69, 9.17) is 4.74 Å². The molecule has 2 aromatic rings. The Morgan fingerprint density at radius 3 is 2.73 bits per heavy atom. The van der Waals surface area contributed by atoms with Gasteiger partial charge in [0.15, 0.2) is 0 Å². The molecule has 1 aliphatic carbocycles. The number of aliphatic hydroxyl groups is 1. The summed E-state index contributed by atoms with van der Waals surface area (Å²) in [5, 5.41) is 15.1. The Hall–Kier alpha value is -1.95.